The van der Waals surface area contributed by atoms with Gasteiger partial charge in [-0.2, -0.15) is 5.10 Å². The zero-order valence-corrected chi connectivity index (χ0v) is 17.7. The number of rotatable bonds is 4. The van der Waals surface area contributed by atoms with E-state index in [0.29, 0.717) is 29.5 Å². The molecule has 1 aliphatic carbocycles. The van der Waals surface area contributed by atoms with Gasteiger partial charge in [0.2, 0.25) is 0 Å². The van der Waals surface area contributed by atoms with E-state index in [4.69, 9.17) is 0 Å². The number of halogens is 2. The highest BCUT2D eigenvalue weighted by Crippen LogP contribution is 2.38. The normalized spacial score (nSPS) is 23.6. The number of fused-ring (bicyclic) bond motifs is 1. The zero-order chi connectivity index (χ0) is 22.2. The van der Waals surface area contributed by atoms with Gasteiger partial charge in [-0.15, -0.1) is 0 Å². The summed E-state index contributed by atoms with van der Waals surface area (Å²) in [5.74, 6) is -1.05. The SMILES string of the molecule is O=C(N[C@H]1CC[C@H](O)CC1)c1cnn2ccc(N3CCC[C@@H]3c3cc(F)ccc3F)cc12. The van der Waals surface area contributed by atoms with Crippen molar-refractivity contribution < 1.29 is 18.7 Å². The first kappa shape index (κ1) is 20.9. The molecule has 1 amide bonds. The number of aliphatic hydroxyl groups excluding tert-OH is 1. The summed E-state index contributed by atoms with van der Waals surface area (Å²) in [7, 11) is 0. The monoisotopic (exact) mass is 440 g/mol. The van der Waals surface area contributed by atoms with Gasteiger partial charge in [-0.05, 0) is 68.9 Å². The molecule has 168 valence electrons. The number of benzene rings is 1. The maximum Gasteiger partial charge on any atom is 0.255 e. The lowest BCUT2D eigenvalue weighted by atomic mass is 9.93. The smallest absolute Gasteiger partial charge is 0.255 e. The van der Waals surface area contributed by atoms with Crippen LogP contribution in [0.15, 0.2) is 42.7 Å². The third kappa shape index (κ3) is 3.95. The number of anilines is 1. The number of nitrogens with one attached hydrogen (secondary N) is 1. The fourth-order valence-corrected chi connectivity index (χ4v) is 4.98. The molecule has 3 heterocycles. The largest absolute Gasteiger partial charge is 0.393 e. The van der Waals surface area contributed by atoms with Crippen molar-refractivity contribution in [3.05, 3.63) is 65.5 Å². The highest BCUT2D eigenvalue weighted by Gasteiger charge is 2.29. The number of pyridine rings is 1. The lowest BCUT2D eigenvalue weighted by molar-refractivity contribution is 0.0869. The molecule has 1 aliphatic heterocycles. The van der Waals surface area contributed by atoms with Gasteiger partial charge in [0.15, 0.2) is 0 Å². The average molecular weight is 440 g/mol. The number of hydrogen-bond donors (Lipinski definition) is 2. The minimum atomic E-state index is -0.450. The minimum absolute atomic E-state index is 0.0444. The number of aliphatic hydroxyl groups is 1. The number of hydrogen-bond acceptors (Lipinski definition) is 4. The van der Waals surface area contributed by atoms with Gasteiger partial charge in [0.1, 0.15) is 11.6 Å². The van der Waals surface area contributed by atoms with Crippen molar-refractivity contribution in [3.63, 3.8) is 0 Å². The summed E-state index contributed by atoms with van der Waals surface area (Å²) in [6, 6.07) is 7.14. The van der Waals surface area contributed by atoms with E-state index in [2.05, 4.69) is 15.3 Å². The third-order valence-corrected chi connectivity index (χ3v) is 6.68. The molecular formula is C24H26F2N4O2. The summed E-state index contributed by atoms with van der Waals surface area (Å²) in [6.07, 6.45) is 7.55. The molecule has 2 aromatic heterocycles. The van der Waals surface area contributed by atoms with Crippen molar-refractivity contribution >= 4 is 17.1 Å². The lowest BCUT2D eigenvalue weighted by Crippen LogP contribution is -2.38. The molecule has 1 saturated heterocycles. The molecule has 1 saturated carbocycles. The maximum atomic E-state index is 14.5. The van der Waals surface area contributed by atoms with Gasteiger partial charge in [0, 0.05) is 30.0 Å². The van der Waals surface area contributed by atoms with Crippen LogP contribution in [0.1, 0.15) is 60.5 Å². The van der Waals surface area contributed by atoms with Gasteiger partial charge >= 0.3 is 0 Å². The summed E-state index contributed by atoms with van der Waals surface area (Å²) >= 11 is 0. The Kier molecular flexibility index (Phi) is 5.55. The first-order chi connectivity index (χ1) is 15.5. The Morgan fingerprint density at radius 2 is 1.91 bits per heavy atom. The number of carbonyl (C=O) groups is 1. The molecule has 5 rings (SSSR count). The molecule has 0 spiro atoms. The summed E-state index contributed by atoms with van der Waals surface area (Å²) in [5, 5.41) is 17.0. The highest BCUT2D eigenvalue weighted by atomic mass is 19.1. The summed E-state index contributed by atoms with van der Waals surface area (Å²) < 4.78 is 29.9. The van der Waals surface area contributed by atoms with Crippen molar-refractivity contribution in [3.8, 4) is 0 Å². The van der Waals surface area contributed by atoms with E-state index in [1.807, 2.05) is 12.1 Å². The van der Waals surface area contributed by atoms with E-state index in [0.717, 1.165) is 44.0 Å². The second kappa shape index (κ2) is 8.50. The van der Waals surface area contributed by atoms with Gasteiger partial charge in [0.05, 0.1) is 29.4 Å². The van der Waals surface area contributed by atoms with Crippen molar-refractivity contribution in [2.75, 3.05) is 11.4 Å². The van der Waals surface area contributed by atoms with Gasteiger partial charge in [-0.3, -0.25) is 4.79 Å². The molecule has 6 nitrogen and oxygen atoms in total. The lowest BCUT2D eigenvalue weighted by Gasteiger charge is -2.28. The number of amides is 1. The third-order valence-electron chi connectivity index (χ3n) is 6.68. The molecule has 0 unspecified atom stereocenters. The molecule has 1 atom stereocenters. The van der Waals surface area contributed by atoms with Crippen LogP contribution in [0.25, 0.3) is 5.52 Å². The number of carbonyl (C=O) groups excluding carboxylic acids is 1. The van der Waals surface area contributed by atoms with Crippen LogP contribution in [0.3, 0.4) is 0 Å². The molecule has 2 fully saturated rings. The van der Waals surface area contributed by atoms with Crippen LogP contribution in [0.2, 0.25) is 0 Å². The fourth-order valence-electron chi connectivity index (χ4n) is 4.98. The Labute approximate surface area is 184 Å². The second-order valence-electron chi connectivity index (χ2n) is 8.77. The Bertz CT molecular complexity index is 1140. The van der Waals surface area contributed by atoms with Crippen molar-refractivity contribution in [2.45, 2.75) is 56.7 Å². The van der Waals surface area contributed by atoms with Gasteiger partial charge in [0.25, 0.3) is 5.91 Å². The standard InChI is InChI=1S/C24H26F2N4O2/c25-15-3-8-21(26)19(12-15)22-2-1-10-29(22)17-9-11-30-23(13-17)20(14-27-30)24(32)28-16-4-6-18(31)7-5-16/h3,8-9,11-14,16,18,22,31H,1-2,4-7,10H2,(H,28,32)/t16-,18-,22-/m1/s1. The predicted molar refractivity (Wildman–Crippen MR) is 117 cm³/mol. The first-order valence-corrected chi connectivity index (χ1v) is 11.2. The topological polar surface area (TPSA) is 69.9 Å². The zero-order valence-electron chi connectivity index (χ0n) is 17.7. The van der Waals surface area contributed by atoms with E-state index in [1.165, 1.54) is 12.1 Å². The van der Waals surface area contributed by atoms with Gasteiger partial charge in [-0.25, -0.2) is 13.3 Å². The van der Waals surface area contributed by atoms with E-state index < -0.39 is 11.6 Å². The second-order valence-corrected chi connectivity index (χ2v) is 8.77. The van der Waals surface area contributed by atoms with Crippen LogP contribution in [0.4, 0.5) is 14.5 Å². The Morgan fingerprint density at radius 1 is 1.09 bits per heavy atom. The van der Waals surface area contributed by atoms with E-state index in [1.54, 1.807) is 16.9 Å². The molecule has 0 radical (unpaired) electrons. The molecule has 8 heteroatoms. The minimum Gasteiger partial charge on any atom is -0.393 e. The molecule has 2 N–H and O–H groups in total. The summed E-state index contributed by atoms with van der Waals surface area (Å²) in [5.41, 5.74) is 2.35. The molecule has 32 heavy (non-hydrogen) atoms. The van der Waals surface area contributed by atoms with Crippen LogP contribution in [0, 0.1) is 11.6 Å². The van der Waals surface area contributed by atoms with Gasteiger partial charge < -0.3 is 15.3 Å². The van der Waals surface area contributed by atoms with Crippen LogP contribution < -0.4 is 10.2 Å². The average Bonchev–Trinajstić information content (AvgIpc) is 3.43. The molecule has 2 aliphatic rings. The number of nitrogens with zero attached hydrogens (tertiary/aromatic N) is 3. The Morgan fingerprint density at radius 3 is 2.72 bits per heavy atom. The Hall–Kier alpha value is -3.00. The first-order valence-electron chi connectivity index (χ1n) is 11.2. The molecule has 0 bridgehead atoms. The maximum absolute atomic E-state index is 14.5. The fraction of sp³-hybridized carbons (Fsp3) is 0.417. The summed E-state index contributed by atoms with van der Waals surface area (Å²) in [4.78, 5) is 15.0. The molecular weight excluding hydrogens is 414 g/mol. The van der Waals surface area contributed by atoms with Gasteiger partial charge in [-0.1, -0.05) is 0 Å². The number of aromatic nitrogens is 2. The van der Waals surface area contributed by atoms with Crippen molar-refractivity contribution in [1.29, 1.82) is 0 Å². The van der Waals surface area contributed by atoms with Crippen LogP contribution in [0.5, 0.6) is 0 Å². The van der Waals surface area contributed by atoms with Crippen LogP contribution >= 0.6 is 0 Å². The predicted octanol–water partition coefficient (Wildman–Crippen LogP) is 3.99. The molecule has 3 aromatic rings. The summed E-state index contributed by atoms with van der Waals surface area (Å²) in [6.45, 7) is 0.719. The molecule has 1 aromatic carbocycles. The van der Waals surface area contributed by atoms with Crippen LogP contribution in [-0.4, -0.2) is 39.3 Å². The van der Waals surface area contributed by atoms with Crippen molar-refractivity contribution in [2.24, 2.45) is 0 Å². The van der Waals surface area contributed by atoms with E-state index in [-0.39, 0.29) is 24.1 Å². The van der Waals surface area contributed by atoms with E-state index in [9.17, 15) is 18.7 Å². The van der Waals surface area contributed by atoms with Crippen LogP contribution in [-0.2, 0) is 0 Å². The quantitative estimate of drug-likeness (QED) is 0.644. The highest BCUT2D eigenvalue weighted by molar-refractivity contribution is 6.01. The van der Waals surface area contributed by atoms with Crippen molar-refractivity contribution in [1.82, 2.24) is 14.9 Å². The van der Waals surface area contributed by atoms with E-state index >= 15 is 0 Å². The Balaban J connectivity index is 1.42.